The van der Waals surface area contributed by atoms with E-state index in [0.29, 0.717) is 0 Å². The monoisotopic (exact) mass is 674 g/mol. The second-order valence-electron chi connectivity index (χ2n) is 6.54. The van der Waals surface area contributed by atoms with Crippen LogP contribution in [0.4, 0.5) is 0 Å². The maximum Gasteiger partial charge on any atom is 1.00 e. The quantitative estimate of drug-likeness (QED) is 0.207. The molecule has 0 unspecified atom stereocenters. The van der Waals surface area contributed by atoms with Crippen LogP contribution in [0, 0.1) is 63.9 Å². The molecular weight excluding hydrogens is 648 g/mol. The molecule has 5 rings (SSSR count). The molecule has 2 aliphatic carbocycles. The summed E-state index contributed by atoms with van der Waals surface area (Å²) in [4.78, 5) is 0. The minimum atomic E-state index is -0.446. The Kier molecular flexibility index (Phi) is 17.1. The molecule has 0 aliphatic heterocycles. The number of rotatable bonds is 4. The van der Waals surface area contributed by atoms with Crippen molar-refractivity contribution >= 4 is 23.8 Å². The molecule has 1 nitrogen and oxygen atoms in total. The Morgan fingerprint density at radius 1 is 0.576 bits per heavy atom. The maximum atomic E-state index is 4.80. The first-order valence-corrected chi connectivity index (χ1v) is 11.5. The van der Waals surface area contributed by atoms with Crippen molar-refractivity contribution < 1.29 is 44.2 Å². The van der Waals surface area contributed by atoms with Gasteiger partial charge < -0.3 is 11.2 Å². The van der Waals surface area contributed by atoms with Crippen LogP contribution in [0.1, 0.15) is 0 Å². The third-order valence-electron chi connectivity index (χ3n) is 4.39. The summed E-state index contributed by atoms with van der Waals surface area (Å²) < 4.78 is 4.80. The number of ether oxygens (including phenoxy) is 1. The van der Waals surface area contributed by atoms with Gasteiger partial charge in [0.25, 0.3) is 0 Å². The number of hydrogen-bond acceptors (Lipinski definition) is 1. The van der Waals surface area contributed by atoms with Gasteiger partial charge >= 0.3 is 22.4 Å². The summed E-state index contributed by atoms with van der Waals surface area (Å²) in [5.41, 5.74) is 0. The molecule has 0 amide bonds. The largest absolute Gasteiger partial charge is 1.00 e. The van der Waals surface area contributed by atoms with Crippen LogP contribution in [-0.2, 0) is 44.2 Å². The van der Waals surface area contributed by atoms with Gasteiger partial charge in [0.15, 0.2) is 0 Å². The van der Waals surface area contributed by atoms with E-state index < -0.39 is 7.92 Å². The molecule has 0 N–H and O–H groups in total. The van der Waals surface area contributed by atoms with Gasteiger partial charge in [0.2, 0.25) is 0 Å². The normalized spacial score (nSPS) is 14.7. The first-order chi connectivity index (χ1) is 15.4. The molecule has 2 aliphatic rings. The molecule has 0 saturated heterocycles. The Labute approximate surface area is 228 Å². The summed E-state index contributed by atoms with van der Waals surface area (Å²) in [6, 6.07) is 32.3. The van der Waals surface area contributed by atoms with Crippen LogP contribution in [0.2, 0.25) is 0 Å². The molecule has 2 fully saturated rings. The van der Waals surface area contributed by atoms with Crippen LogP contribution in [-0.4, -0.2) is 7.11 Å². The van der Waals surface area contributed by atoms with Crippen LogP contribution in [0.25, 0.3) is 0 Å². The van der Waals surface area contributed by atoms with E-state index in [-0.39, 0.29) is 39.4 Å². The van der Waals surface area contributed by atoms with E-state index in [1.807, 2.05) is 51.4 Å². The number of hydrogen-bond donors (Lipinski definition) is 0. The first kappa shape index (κ1) is 30.3. The van der Waals surface area contributed by atoms with E-state index in [9.17, 15) is 0 Å². The van der Waals surface area contributed by atoms with Crippen LogP contribution in [0.3, 0.4) is 0 Å². The van der Waals surface area contributed by atoms with Crippen molar-refractivity contribution in [3.8, 4) is 0 Å². The molecule has 0 atom stereocenters. The Morgan fingerprint density at radius 2 is 0.939 bits per heavy atom. The van der Waals surface area contributed by atoms with Gasteiger partial charge in [-0.05, 0) is 62.4 Å². The SMILES string of the molecule is CO[C]1[C-][CH][CH][CH]1.[Au+].[CH]1[CH][CH][CH][CH]1.[Fe].c1ccc(P(c2ccccc2)c2ccccc2)cc1. The third-order valence-corrected chi connectivity index (χ3v) is 6.83. The summed E-state index contributed by atoms with van der Waals surface area (Å²) in [7, 11) is 1.18. The second kappa shape index (κ2) is 18.6. The van der Waals surface area contributed by atoms with Gasteiger partial charge in [-0.15, -0.1) is 0 Å². The van der Waals surface area contributed by atoms with Crippen molar-refractivity contribution in [3.05, 3.63) is 155 Å². The van der Waals surface area contributed by atoms with Crippen LogP contribution in [0.5, 0.6) is 0 Å². The van der Waals surface area contributed by atoms with Gasteiger partial charge in [-0.2, -0.15) is 0 Å². The third kappa shape index (κ3) is 11.1. The minimum absolute atomic E-state index is 0. The summed E-state index contributed by atoms with van der Waals surface area (Å²) in [5.74, 6) is 0. The average molecular weight is 674 g/mol. The molecule has 172 valence electrons. The molecule has 33 heavy (non-hydrogen) atoms. The molecule has 0 spiro atoms. The summed E-state index contributed by atoms with van der Waals surface area (Å²) in [6.45, 7) is 0. The summed E-state index contributed by atoms with van der Waals surface area (Å²) in [5, 5.41) is 4.19. The van der Waals surface area contributed by atoms with E-state index in [1.165, 1.54) is 15.9 Å². The van der Waals surface area contributed by atoms with Crippen molar-refractivity contribution in [3.63, 3.8) is 0 Å². The zero-order chi connectivity index (χ0) is 21.6. The van der Waals surface area contributed by atoms with Gasteiger partial charge in [0.1, 0.15) is 0 Å². The smallest absolute Gasteiger partial charge is 0.441 e. The van der Waals surface area contributed by atoms with E-state index in [0.717, 1.165) is 6.10 Å². The van der Waals surface area contributed by atoms with Crippen molar-refractivity contribution in [1.29, 1.82) is 0 Å². The number of benzene rings is 3. The van der Waals surface area contributed by atoms with Crippen molar-refractivity contribution in [2.75, 3.05) is 7.11 Å². The fraction of sp³-hybridized carbons (Fsp3) is 0.0345. The molecule has 3 aromatic carbocycles. The van der Waals surface area contributed by atoms with Gasteiger partial charge in [-0.3, -0.25) is 0 Å². The minimum Gasteiger partial charge on any atom is -0.441 e. The molecule has 0 heterocycles. The van der Waals surface area contributed by atoms with Crippen molar-refractivity contribution in [2.24, 2.45) is 0 Å². The molecular formula is C29H26AuFeOP. The van der Waals surface area contributed by atoms with Gasteiger partial charge in [-0.1, -0.05) is 104 Å². The topological polar surface area (TPSA) is 9.23 Å². The Morgan fingerprint density at radius 3 is 1.18 bits per heavy atom. The summed E-state index contributed by atoms with van der Waals surface area (Å²) >= 11 is 0. The Hall–Kier alpha value is -0.690. The maximum absolute atomic E-state index is 4.80. The molecule has 0 bridgehead atoms. The first-order valence-electron chi connectivity index (χ1n) is 10.2. The standard InChI is InChI=1S/C18H15P.C6H6O.C5H5.Au.Fe/c1-4-10-16(11-5-1)19(17-12-6-2-7-13-17)18-14-8-3-9-15-18;1-7-6-4-2-3-5-6;1-2-4-5-3-1;;/h1-15H;2-4H,1H3;1-5H;;/q;-1;;+1;. The van der Waals surface area contributed by atoms with Gasteiger partial charge in [0, 0.05) is 24.2 Å². The molecule has 4 heteroatoms. The van der Waals surface area contributed by atoms with Crippen molar-refractivity contribution in [2.45, 2.75) is 0 Å². The predicted molar refractivity (Wildman–Crippen MR) is 133 cm³/mol. The van der Waals surface area contributed by atoms with Crippen LogP contribution >= 0.6 is 7.92 Å². The zero-order valence-corrected chi connectivity index (χ0v) is 22.5. The van der Waals surface area contributed by atoms with Crippen molar-refractivity contribution in [1.82, 2.24) is 0 Å². The fourth-order valence-electron chi connectivity index (χ4n) is 2.94. The van der Waals surface area contributed by atoms with E-state index >= 15 is 0 Å². The average Bonchev–Trinajstić information content (AvgIpc) is 3.59. The zero-order valence-electron chi connectivity index (χ0n) is 18.3. The molecule has 2 saturated carbocycles. The van der Waals surface area contributed by atoms with E-state index in [4.69, 9.17) is 4.74 Å². The van der Waals surface area contributed by atoms with Gasteiger partial charge in [0.05, 0.1) is 0 Å². The fourth-order valence-corrected chi connectivity index (χ4v) is 5.25. The van der Waals surface area contributed by atoms with Crippen LogP contribution in [0.15, 0.2) is 91.0 Å². The van der Waals surface area contributed by atoms with E-state index in [1.54, 1.807) is 7.11 Å². The molecule has 3 aromatic rings. The number of methoxy groups -OCH3 is 1. The van der Waals surface area contributed by atoms with Gasteiger partial charge in [-0.25, -0.2) is 6.42 Å². The predicted octanol–water partition coefficient (Wildman–Crippen LogP) is 5.33. The molecule has 10 radical (unpaired) electrons. The molecule has 0 aromatic heterocycles. The Balaban J connectivity index is 0.000000321. The Bertz CT molecular complexity index is 720. The van der Waals surface area contributed by atoms with E-state index in [2.05, 4.69) is 97.4 Å². The van der Waals surface area contributed by atoms with Crippen LogP contribution < -0.4 is 15.9 Å². The summed E-state index contributed by atoms with van der Waals surface area (Å²) in [6.07, 6.45) is 19.2. The second-order valence-corrected chi connectivity index (χ2v) is 8.76.